The van der Waals surface area contributed by atoms with Crippen molar-refractivity contribution >= 4 is 35.0 Å². The summed E-state index contributed by atoms with van der Waals surface area (Å²) in [5, 5.41) is 9.39. The second-order valence-corrected chi connectivity index (χ2v) is 7.24. The summed E-state index contributed by atoms with van der Waals surface area (Å²) < 4.78 is 13.5. The predicted molar refractivity (Wildman–Crippen MR) is 95.2 cm³/mol. The van der Waals surface area contributed by atoms with E-state index >= 15 is 0 Å². The first-order chi connectivity index (χ1) is 12.5. The van der Waals surface area contributed by atoms with E-state index in [4.69, 9.17) is 16.9 Å². The predicted octanol–water partition coefficient (Wildman–Crippen LogP) is 1.67. The quantitative estimate of drug-likeness (QED) is 0.746. The van der Waals surface area contributed by atoms with Crippen LogP contribution in [0.25, 0.3) is 0 Å². The van der Waals surface area contributed by atoms with Gasteiger partial charge in [-0.3, -0.25) is 4.79 Å². The average molecular weight is 375 g/mol. The summed E-state index contributed by atoms with van der Waals surface area (Å²) in [5.41, 5.74) is 0.593. The zero-order valence-corrected chi connectivity index (χ0v) is 14.8. The van der Waals surface area contributed by atoms with Gasteiger partial charge in [-0.1, -0.05) is 11.6 Å². The SMILES string of the molecule is CC1=NC(N2CC3CN(c4ncc(C#N)cc4Cl)CC3C2)=NC(=O)C1F. The first-order valence-electron chi connectivity index (χ1n) is 8.33. The molecule has 7 nitrogen and oxygen atoms in total. The minimum absolute atomic E-state index is 0.159. The van der Waals surface area contributed by atoms with E-state index in [1.54, 1.807) is 6.07 Å². The zero-order chi connectivity index (χ0) is 18.4. The molecule has 2 fully saturated rings. The van der Waals surface area contributed by atoms with Gasteiger partial charge in [-0.05, 0) is 13.0 Å². The molecule has 4 rings (SSSR count). The summed E-state index contributed by atoms with van der Waals surface area (Å²) in [6, 6.07) is 3.65. The fourth-order valence-corrected chi connectivity index (χ4v) is 4.05. The normalized spacial score (nSPS) is 27.9. The van der Waals surface area contributed by atoms with Crippen molar-refractivity contribution in [3.05, 3.63) is 22.8 Å². The highest BCUT2D eigenvalue weighted by Crippen LogP contribution is 2.36. The first-order valence-corrected chi connectivity index (χ1v) is 8.71. The molecule has 0 aromatic carbocycles. The van der Waals surface area contributed by atoms with E-state index in [1.165, 1.54) is 13.1 Å². The lowest BCUT2D eigenvalue weighted by Crippen LogP contribution is -2.38. The minimum Gasteiger partial charge on any atom is -0.355 e. The lowest BCUT2D eigenvalue weighted by atomic mass is 10.0. The number of guanidine groups is 1. The van der Waals surface area contributed by atoms with Crippen molar-refractivity contribution in [2.75, 3.05) is 31.1 Å². The molecule has 0 aliphatic carbocycles. The first kappa shape index (κ1) is 16.9. The Morgan fingerprint density at radius 2 is 1.88 bits per heavy atom. The third kappa shape index (κ3) is 2.82. The molecule has 4 heterocycles. The molecule has 0 spiro atoms. The van der Waals surface area contributed by atoms with E-state index in [0.717, 1.165) is 13.1 Å². The van der Waals surface area contributed by atoms with Gasteiger partial charge in [-0.15, -0.1) is 0 Å². The number of likely N-dealkylation sites (tertiary alicyclic amines) is 1. The number of amides is 1. The van der Waals surface area contributed by atoms with Crippen LogP contribution in [-0.4, -0.2) is 59.8 Å². The summed E-state index contributed by atoms with van der Waals surface area (Å²) in [5.74, 6) is 0.947. The van der Waals surface area contributed by atoms with Crippen molar-refractivity contribution in [1.29, 1.82) is 5.26 Å². The summed E-state index contributed by atoms with van der Waals surface area (Å²) in [6.45, 7) is 4.46. The monoisotopic (exact) mass is 374 g/mol. The van der Waals surface area contributed by atoms with Gasteiger partial charge in [-0.25, -0.2) is 14.4 Å². The van der Waals surface area contributed by atoms with Gasteiger partial charge in [0, 0.05) is 44.2 Å². The van der Waals surface area contributed by atoms with Crippen molar-refractivity contribution in [2.24, 2.45) is 21.8 Å². The van der Waals surface area contributed by atoms with Gasteiger partial charge in [0.1, 0.15) is 11.9 Å². The molecule has 9 heteroatoms. The van der Waals surface area contributed by atoms with Crippen molar-refractivity contribution in [3.63, 3.8) is 0 Å². The molecule has 0 N–H and O–H groups in total. The van der Waals surface area contributed by atoms with Crippen LogP contribution in [0.15, 0.2) is 22.2 Å². The Hall–Kier alpha value is -2.53. The molecule has 3 aliphatic rings. The number of nitriles is 1. The van der Waals surface area contributed by atoms with Crippen LogP contribution in [0.5, 0.6) is 0 Å². The minimum atomic E-state index is -1.72. The molecule has 3 atom stereocenters. The average Bonchev–Trinajstić information content (AvgIpc) is 3.18. The van der Waals surface area contributed by atoms with E-state index in [0.29, 0.717) is 47.3 Å². The molecule has 0 radical (unpaired) electrons. The third-order valence-corrected chi connectivity index (χ3v) is 5.37. The van der Waals surface area contributed by atoms with Crippen molar-refractivity contribution in [3.8, 4) is 6.07 Å². The summed E-state index contributed by atoms with van der Waals surface area (Å²) in [7, 11) is 0. The Kier molecular flexibility index (Phi) is 4.11. The molecule has 1 aromatic rings. The number of carbonyl (C=O) groups excluding carboxylic acids is 1. The molecule has 1 amide bonds. The highest BCUT2D eigenvalue weighted by atomic mass is 35.5. The Bertz CT molecular complexity index is 864. The van der Waals surface area contributed by atoms with Gasteiger partial charge in [0.15, 0.2) is 0 Å². The number of aliphatic imine (C=N–C) groups is 2. The maximum absolute atomic E-state index is 13.5. The highest BCUT2D eigenvalue weighted by Gasteiger charge is 2.42. The number of nitrogens with zero attached hydrogens (tertiary/aromatic N) is 6. The number of carbonyl (C=O) groups is 1. The van der Waals surface area contributed by atoms with E-state index < -0.39 is 12.1 Å². The molecule has 0 saturated carbocycles. The molecule has 3 aliphatic heterocycles. The van der Waals surface area contributed by atoms with Crippen LogP contribution in [0.3, 0.4) is 0 Å². The number of halogens is 2. The maximum Gasteiger partial charge on any atom is 0.289 e. The Labute approximate surface area is 154 Å². The number of hydrogen-bond donors (Lipinski definition) is 0. The van der Waals surface area contributed by atoms with Gasteiger partial charge < -0.3 is 9.80 Å². The molecule has 2 saturated heterocycles. The fourth-order valence-electron chi connectivity index (χ4n) is 3.77. The molecule has 0 bridgehead atoms. The van der Waals surface area contributed by atoms with Gasteiger partial charge in [0.25, 0.3) is 5.91 Å². The van der Waals surface area contributed by atoms with Gasteiger partial charge in [0.05, 0.1) is 16.3 Å². The number of alkyl halides is 1. The van der Waals surface area contributed by atoms with E-state index in [1.807, 2.05) is 11.0 Å². The number of pyridine rings is 1. The summed E-state index contributed by atoms with van der Waals surface area (Å²) in [6.07, 6.45) is -0.199. The van der Waals surface area contributed by atoms with Gasteiger partial charge in [0.2, 0.25) is 12.1 Å². The molecular weight excluding hydrogens is 359 g/mol. The number of hydrogen-bond acceptors (Lipinski definition) is 6. The van der Waals surface area contributed by atoms with Crippen molar-refractivity contribution in [1.82, 2.24) is 9.88 Å². The van der Waals surface area contributed by atoms with E-state index in [2.05, 4.69) is 19.9 Å². The molecule has 134 valence electrons. The standard InChI is InChI=1S/C17H16ClFN6O/c1-9-14(19)16(26)23-17(22-9)25-7-11-5-24(6-12(11)8-25)15-13(18)2-10(3-20)4-21-15/h2,4,11-12,14H,5-8H2,1H3. The molecule has 1 aromatic heterocycles. The van der Waals surface area contributed by atoms with Crippen molar-refractivity contribution in [2.45, 2.75) is 13.1 Å². The van der Waals surface area contributed by atoms with Gasteiger partial charge >= 0.3 is 0 Å². The van der Waals surface area contributed by atoms with Gasteiger partial charge in [-0.2, -0.15) is 10.3 Å². The largest absolute Gasteiger partial charge is 0.355 e. The van der Waals surface area contributed by atoms with E-state index in [-0.39, 0.29) is 5.71 Å². The Balaban J connectivity index is 1.46. The maximum atomic E-state index is 13.5. The zero-order valence-electron chi connectivity index (χ0n) is 14.1. The number of aromatic nitrogens is 1. The molecular formula is C17H16ClFN6O. The second-order valence-electron chi connectivity index (χ2n) is 6.84. The van der Waals surface area contributed by atoms with Crippen LogP contribution in [0.2, 0.25) is 5.02 Å². The Morgan fingerprint density at radius 3 is 2.46 bits per heavy atom. The van der Waals surface area contributed by atoms with E-state index in [9.17, 15) is 9.18 Å². The number of fused-ring (bicyclic) bond motifs is 1. The Morgan fingerprint density at radius 1 is 1.23 bits per heavy atom. The lowest BCUT2D eigenvalue weighted by Gasteiger charge is -2.25. The van der Waals surface area contributed by atoms with Crippen LogP contribution in [0, 0.1) is 23.2 Å². The van der Waals surface area contributed by atoms with Crippen LogP contribution < -0.4 is 4.90 Å². The highest BCUT2D eigenvalue weighted by molar-refractivity contribution is 6.33. The van der Waals surface area contributed by atoms with Crippen LogP contribution in [0.4, 0.5) is 10.2 Å². The fraction of sp³-hybridized carbons (Fsp3) is 0.471. The van der Waals surface area contributed by atoms with Crippen LogP contribution >= 0.6 is 11.6 Å². The van der Waals surface area contributed by atoms with Crippen LogP contribution in [-0.2, 0) is 4.79 Å². The molecule has 3 unspecified atom stereocenters. The number of rotatable bonds is 1. The summed E-state index contributed by atoms with van der Waals surface area (Å²) in [4.78, 5) is 28.0. The van der Waals surface area contributed by atoms with Crippen molar-refractivity contribution < 1.29 is 9.18 Å². The third-order valence-electron chi connectivity index (χ3n) is 5.09. The second kappa shape index (κ2) is 6.32. The summed E-state index contributed by atoms with van der Waals surface area (Å²) >= 11 is 6.27. The van der Waals surface area contributed by atoms with Crippen LogP contribution in [0.1, 0.15) is 12.5 Å². The molecule has 26 heavy (non-hydrogen) atoms. The lowest BCUT2D eigenvalue weighted by molar-refractivity contribution is -0.120. The smallest absolute Gasteiger partial charge is 0.289 e. The topological polar surface area (TPSA) is 84.9 Å². The number of anilines is 1.